The van der Waals surface area contributed by atoms with E-state index >= 15 is 0 Å². The van der Waals surface area contributed by atoms with Crippen LogP contribution < -0.4 is 4.74 Å². The SMILES string of the molecule is COC(=O)c1c(C)cc2ccc(OCc3cccnc3)cn12. The fraction of sp³-hybridized carbons (Fsp3) is 0.176. The van der Waals surface area contributed by atoms with Crippen LogP contribution in [0.4, 0.5) is 0 Å². The molecule has 22 heavy (non-hydrogen) atoms. The van der Waals surface area contributed by atoms with E-state index < -0.39 is 0 Å². The van der Waals surface area contributed by atoms with E-state index in [4.69, 9.17) is 9.47 Å². The third-order valence-electron chi connectivity index (χ3n) is 3.44. The molecular formula is C17H16N2O3. The summed E-state index contributed by atoms with van der Waals surface area (Å²) < 4.78 is 12.4. The van der Waals surface area contributed by atoms with Gasteiger partial charge in [0.2, 0.25) is 0 Å². The molecule has 0 amide bonds. The predicted molar refractivity (Wildman–Crippen MR) is 82.0 cm³/mol. The number of aromatic nitrogens is 2. The molecule has 3 heterocycles. The summed E-state index contributed by atoms with van der Waals surface area (Å²) in [5.74, 6) is 0.319. The minimum absolute atomic E-state index is 0.359. The number of carbonyl (C=O) groups excluding carboxylic acids is 1. The number of fused-ring (bicyclic) bond motifs is 1. The Kier molecular flexibility index (Phi) is 3.78. The van der Waals surface area contributed by atoms with Crippen molar-refractivity contribution in [2.75, 3.05) is 7.11 Å². The van der Waals surface area contributed by atoms with Gasteiger partial charge in [-0.05, 0) is 36.8 Å². The van der Waals surface area contributed by atoms with Crippen LogP contribution in [0.25, 0.3) is 5.52 Å². The third kappa shape index (κ3) is 2.65. The molecule has 3 rings (SSSR count). The molecule has 0 aromatic carbocycles. The fourth-order valence-corrected chi connectivity index (χ4v) is 2.38. The molecule has 0 N–H and O–H groups in total. The van der Waals surface area contributed by atoms with E-state index in [2.05, 4.69) is 4.98 Å². The first-order chi connectivity index (χ1) is 10.7. The largest absolute Gasteiger partial charge is 0.487 e. The Balaban J connectivity index is 1.90. The van der Waals surface area contributed by atoms with Gasteiger partial charge in [-0.25, -0.2) is 4.79 Å². The van der Waals surface area contributed by atoms with E-state index in [1.807, 2.05) is 37.3 Å². The topological polar surface area (TPSA) is 52.8 Å². The van der Waals surface area contributed by atoms with Crippen molar-refractivity contribution < 1.29 is 14.3 Å². The smallest absolute Gasteiger partial charge is 0.355 e. The van der Waals surface area contributed by atoms with Crippen molar-refractivity contribution >= 4 is 11.5 Å². The highest BCUT2D eigenvalue weighted by Crippen LogP contribution is 2.21. The monoisotopic (exact) mass is 296 g/mol. The van der Waals surface area contributed by atoms with Crippen LogP contribution in [-0.4, -0.2) is 22.5 Å². The van der Waals surface area contributed by atoms with Gasteiger partial charge in [0.05, 0.1) is 13.3 Å². The number of hydrogen-bond donors (Lipinski definition) is 0. The molecule has 0 saturated heterocycles. The number of carbonyl (C=O) groups is 1. The van der Waals surface area contributed by atoms with Gasteiger partial charge in [0.1, 0.15) is 18.1 Å². The molecule has 0 atom stereocenters. The summed E-state index contributed by atoms with van der Waals surface area (Å²) in [6.07, 6.45) is 5.28. The molecule has 0 fully saturated rings. The molecule has 5 nitrogen and oxygen atoms in total. The van der Waals surface area contributed by atoms with Crippen molar-refractivity contribution in [3.63, 3.8) is 0 Å². The first kappa shape index (κ1) is 14.1. The molecule has 3 aromatic heterocycles. The van der Waals surface area contributed by atoms with Crippen LogP contribution in [-0.2, 0) is 11.3 Å². The molecule has 0 spiro atoms. The molecule has 5 heteroatoms. The van der Waals surface area contributed by atoms with Crippen LogP contribution in [0.1, 0.15) is 21.6 Å². The lowest BCUT2D eigenvalue weighted by molar-refractivity contribution is 0.0592. The Bertz CT molecular complexity index is 809. The van der Waals surface area contributed by atoms with Crippen LogP contribution in [0.5, 0.6) is 5.75 Å². The molecule has 112 valence electrons. The zero-order chi connectivity index (χ0) is 15.5. The van der Waals surface area contributed by atoms with E-state index in [9.17, 15) is 4.79 Å². The predicted octanol–water partition coefficient (Wildman–Crippen LogP) is 3.01. The van der Waals surface area contributed by atoms with Gasteiger partial charge in [0, 0.05) is 23.5 Å². The fourth-order valence-electron chi connectivity index (χ4n) is 2.38. The van der Waals surface area contributed by atoms with Crippen LogP contribution in [0.15, 0.2) is 48.9 Å². The maximum absolute atomic E-state index is 11.9. The van der Waals surface area contributed by atoms with Gasteiger partial charge in [-0.3, -0.25) is 4.98 Å². The first-order valence-corrected chi connectivity index (χ1v) is 6.91. The summed E-state index contributed by atoms with van der Waals surface area (Å²) in [6, 6.07) is 9.55. The van der Waals surface area contributed by atoms with Crippen LogP contribution in [0, 0.1) is 6.92 Å². The summed E-state index contributed by atoms with van der Waals surface area (Å²) in [7, 11) is 1.38. The highest BCUT2D eigenvalue weighted by atomic mass is 16.5. The second kappa shape index (κ2) is 5.89. The molecule has 0 radical (unpaired) electrons. The minimum atomic E-state index is -0.359. The molecule has 0 aliphatic carbocycles. The Morgan fingerprint density at radius 2 is 2.18 bits per heavy atom. The Labute approximate surface area is 128 Å². The number of hydrogen-bond acceptors (Lipinski definition) is 4. The summed E-state index contributed by atoms with van der Waals surface area (Å²) in [5, 5.41) is 0. The standard InChI is InChI=1S/C17H16N2O3/c1-12-8-14-5-6-15(10-19(14)16(12)17(20)21-2)22-11-13-4-3-7-18-9-13/h3-10H,11H2,1-2H3. The van der Waals surface area contributed by atoms with E-state index in [0.717, 1.165) is 16.6 Å². The molecule has 0 unspecified atom stereocenters. The quantitative estimate of drug-likeness (QED) is 0.694. The normalized spacial score (nSPS) is 10.6. The number of methoxy groups -OCH3 is 1. The van der Waals surface area contributed by atoms with Crippen molar-refractivity contribution in [3.05, 3.63) is 65.7 Å². The van der Waals surface area contributed by atoms with E-state index in [1.54, 1.807) is 23.0 Å². The summed E-state index contributed by atoms with van der Waals surface area (Å²) >= 11 is 0. The number of pyridine rings is 2. The number of nitrogens with zero attached hydrogens (tertiary/aromatic N) is 2. The average Bonchev–Trinajstić information content (AvgIpc) is 2.88. The lowest BCUT2D eigenvalue weighted by Gasteiger charge is -2.08. The molecule has 0 aliphatic heterocycles. The van der Waals surface area contributed by atoms with Gasteiger partial charge in [-0.15, -0.1) is 0 Å². The van der Waals surface area contributed by atoms with E-state index in [1.165, 1.54) is 7.11 Å². The minimum Gasteiger partial charge on any atom is -0.487 e. The van der Waals surface area contributed by atoms with Crippen molar-refractivity contribution in [1.29, 1.82) is 0 Å². The zero-order valence-electron chi connectivity index (χ0n) is 12.4. The highest BCUT2D eigenvalue weighted by molar-refractivity contribution is 5.91. The van der Waals surface area contributed by atoms with Gasteiger partial charge in [0.15, 0.2) is 0 Å². The maximum atomic E-state index is 11.9. The first-order valence-electron chi connectivity index (χ1n) is 6.91. The maximum Gasteiger partial charge on any atom is 0.355 e. The van der Waals surface area contributed by atoms with Gasteiger partial charge in [-0.1, -0.05) is 6.07 Å². The lowest BCUT2D eigenvalue weighted by atomic mass is 10.3. The second-order valence-corrected chi connectivity index (χ2v) is 4.98. The highest BCUT2D eigenvalue weighted by Gasteiger charge is 2.15. The summed E-state index contributed by atoms with van der Waals surface area (Å²) in [5.41, 5.74) is 3.30. The van der Waals surface area contributed by atoms with Gasteiger partial charge < -0.3 is 13.9 Å². The number of rotatable bonds is 4. The Morgan fingerprint density at radius 3 is 2.91 bits per heavy atom. The third-order valence-corrected chi connectivity index (χ3v) is 3.44. The van der Waals surface area contributed by atoms with Crippen LogP contribution in [0.2, 0.25) is 0 Å². The Hall–Kier alpha value is -2.82. The van der Waals surface area contributed by atoms with Gasteiger partial charge >= 0.3 is 5.97 Å². The molecule has 3 aromatic rings. The number of ether oxygens (including phenoxy) is 2. The van der Waals surface area contributed by atoms with E-state index in [-0.39, 0.29) is 5.97 Å². The molecule has 0 bridgehead atoms. The molecular weight excluding hydrogens is 280 g/mol. The van der Waals surface area contributed by atoms with Crippen LogP contribution >= 0.6 is 0 Å². The van der Waals surface area contributed by atoms with E-state index in [0.29, 0.717) is 18.1 Å². The number of aryl methyl sites for hydroxylation is 1. The van der Waals surface area contributed by atoms with Crippen molar-refractivity contribution in [2.24, 2.45) is 0 Å². The van der Waals surface area contributed by atoms with Crippen molar-refractivity contribution in [1.82, 2.24) is 9.38 Å². The van der Waals surface area contributed by atoms with Crippen molar-refractivity contribution in [3.8, 4) is 5.75 Å². The molecule has 0 aliphatic rings. The molecule has 0 saturated carbocycles. The van der Waals surface area contributed by atoms with Crippen molar-refractivity contribution in [2.45, 2.75) is 13.5 Å². The van der Waals surface area contributed by atoms with Crippen LogP contribution in [0.3, 0.4) is 0 Å². The average molecular weight is 296 g/mol. The number of esters is 1. The second-order valence-electron chi connectivity index (χ2n) is 4.98. The lowest BCUT2D eigenvalue weighted by Crippen LogP contribution is -2.07. The summed E-state index contributed by atoms with van der Waals surface area (Å²) in [6.45, 7) is 2.31. The Morgan fingerprint density at radius 1 is 1.32 bits per heavy atom. The zero-order valence-corrected chi connectivity index (χ0v) is 12.4. The van der Waals surface area contributed by atoms with Gasteiger partial charge in [0.25, 0.3) is 0 Å². The van der Waals surface area contributed by atoms with Gasteiger partial charge in [-0.2, -0.15) is 0 Å². The summed E-state index contributed by atoms with van der Waals surface area (Å²) in [4.78, 5) is 16.0.